The normalized spacial score (nSPS) is 13.7. The number of hydrogen-bond donors (Lipinski definition) is 1. The maximum Gasteiger partial charge on any atom is 0.410 e. The molecule has 0 aliphatic heterocycles. The molecule has 0 fully saturated rings. The number of carbonyl (C=O) groups excluding carboxylic acids is 1. The van der Waals surface area contributed by atoms with Crippen molar-refractivity contribution in [2.24, 2.45) is 0 Å². The van der Waals surface area contributed by atoms with Gasteiger partial charge in [-0.1, -0.05) is 0 Å². The second-order valence-corrected chi connectivity index (χ2v) is 4.12. The van der Waals surface area contributed by atoms with Crippen LogP contribution in [0.5, 0.6) is 0 Å². The average Bonchev–Trinajstić information content (AvgIpc) is 1.98. The van der Waals surface area contributed by atoms with Crippen LogP contribution in [-0.4, -0.2) is 41.4 Å². The fraction of sp³-hybridized carbons (Fsp3) is 0.889. The van der Waals surface area contributed by atoms with Gasteiger partial charge in [0.15, 0.2) is 0 Å². The van der Waals surface area contributed by atoms with Gasteiger partial charge in [-0.15, -0.1) is 0 Å². The Morgan fingerprint density at radius 3 is 2.31 bits per heavy atom. The van der Waals surface area contributed by atoms with E-state index in [-0.39, 0.29) is 12.6 Å². The van der Waals surface area contributed by atoms with E-state index in [4.69, 9.17) is 9.84 Å². The maximum atomic E-state index is 11.4. The van der Waals surface area contributed by atoms with Crippen LogP contribution in [0.3, 0.4) is 0 Å². The van der Waals surface area contributed by atoms with Gasteiger partial charge in [0, 0.05) is 7.05 Å². The number of hydrogen-bond acceptors (Lipinski definition) is 3. The Morgan fingerprint density at radius 1 is 1.54 bits per heavy atom. The van der Waals surface area contributed by atoms with E-state index in [1.165, 1.54) is 4.90 Å². The first kappa shape index (κ1) is 12.2. The second-order valence-electron chi connectivity index (χ2n) is 4.12. The first-order valence-electron chi connectivity index (χ1n) is 4.34. The van der Waals surface area contributed by atoms with Gasteiger partial charge in [-0.25, -0.2) is 4.79 Å². The molecule has 0 aromatic rings. The van der Waals surface area contributed by atoms with Gasteiger partial charge in [0.1, 0.15) is 5.60 Å². The van der Waals surface area contributed by atoms with Crippen LogP contribution in [0.25, 0.3) is 0 Å². The third kappa shape index (κ3) is 4.72. The number of aliphatic hydroxyl groups excluding tert-OH is 1. The number of nitrogens with zero attached hydrogens (tertiary/aromatic N) is 1. The molecule has 0 spiro atoms. The minimum absolute atomic E-state index is 0.0598. The quantitative estimate of drug-likeness (QED) is 0.711. The van der Waals surface area contributed by atoms with Gasteiger partial charge in [-0.2, -0.15) is 0 Å². The molecule has 1 atom stereocenters. The molecule has 1 amide bonds. The zero-order valence-electron chi connectivity index (χ0n) is 9.00. The molecule has 0 aliphatic rings. The first-order valence-corrected chi connectivity index (χ1v) is 4.34. The minimum Gasteiger partial charge on any atom is -0.444 e. The van der Waals surface area contributed by atoms with Crippen molar-refractivity contribution in [2.45, 2.75) is 39.3 Å². The Hall–Kier alpha value is -0.770. The third-order valence-corrected chi connectivity index (χ3v) is 1.61. The van der Waals surface area contributed by atoms with E-state index in [9.17, 15) is 4.79 Å². The Labute approximate surface area is 79.5 Å². The summed E-state index contributed by atoms with van der Waals surface area (Å²) >= 11 is 0. The van der Waals surface area contributed by atoms with Crippen molar-refractivity contribution in [3.05, 3.63) is 0 Å². The average molecular weight is 189 g/mol. The summed E-state index contributed by atoms with van der Waals surface area (Å²) in [4.78, 5) is 12.7. The lowest BCUT2D eigenvalue weighted by Crippen LogP contribution is -2.40. The summed E-state index contributed by atoms with van der Waals surface area (Å²) in [7, 11) is 1.61. The van der Waals surface area contributed by atoms with E-state index < -0.39 is 11.7 Å². The smallest absolute Gasteiger partial charge is 0.410 e. The molecule has 1 N–H and O–H groups in total. The molecular formula is C9H19NO3. The Bertz CT molecular complexity index is 174. The van der Waals surface area contributed by atoms with Gasteiger partial charge >= 0.3 is 6.09 Å². The van der Waals surface area contributed by atoms with Crippen molar-refractivity contribution in [3.63, 3.8) is 0 Å². The molecule has 4 heteroatoms. The first-order chi connectivity index (χ1) is 5.78. The van der Waals surface area contributed by atoms with Crippen LogP contribution >= 0.6 is 0 Å². The molecular weight excluding hydrogens is 170 g/mol. The summed E-state index contributed by atoms with van der Waals surface area (Å²) in [5, 5.41) is 8.80. The number of likely N-dealkylation sites (N-methyl/N-ethyl adjacent to an activating group) is 1. The molecule has 0 saturated heterocycles. The molecule has 0 aliphatic carbocycles. The fourth-order valence-corrected chi connectivity index (χ4v) is 0.636. The number of aliphatic hydroxyl groups is 1. The molecule has 0 bridgehead atoms. The maximum absolute atomic E-state index is 11.4. The van der Waals surface area contributed by atoms with Gasteiger partial charge in [-0.05, 0) is 27.7 Å². The Kier molecular flexibility index (Phi) is 4.20. The molecule has 1 unspecified atom stereocenters. The lowest BCUT2D eigenvalue weighted by molar-refractivity contribution is 0.0183. The van der Waals surface area contributed by atoms with Crippen LogP contribution in [0.1, 0.15) is 27.7 Å². The Balaban J connectivity index is 4.12. The van der Waals surface area contributed by atoms with Crippen molar-refractivity contribution < 1.29 is 14.6 Å². The highest BCUT2D eigenvalue weighted by Gasteiger charge is 2.22. The van der Waals surface area contributed by atoms with Crippen molar-refractivity contribution in [1.29, 1.82) is 0 Å². The van der Waals surface area contributed by atoms with E-state index in [2.05, 4.69) is 0 Å². The zero-order chi connectivity index (χ0) is 10.6. The highest BCUT2D eigenvalue weighted by molar-refractivity contribution is 5.68. The van der Waals surface area contributed by atoms with Crippen molar-refractivity contribution in [2.75, 3.05) is 13.7 Å². The van der Waals surface area contributed by atoms with Gasteiger partial charge in [0.2, 0.25) is 0 Å². The molecule has 0 aromatic heterocycles. The largest absolute Gasteiger partial charge is 0.444 e. The third-order valence-electron chi connectivity index (χ3n) is 1.61. The molecule has 0 saturated carbocycles. The van der Waals surface area contributed by atoms with Crippen LogP contribution in [0.2, 0.25) is 0 Å². The lowest BCUT2D eigenvalue weighted by Gasteiger charge is -2.27. The zero-order valence-corrected chi connectivity index (χ0v) is 9.00. The molecule has 0 rings (SSSR count). The monoisotopic (exact) mass is 189 g/mol. The summed E-state index contributed by atoms with van der Waals surface area (Å²) in [5.74, 6) is 0. The van der Waals surface area contributed by atoms with E-state index >= 15 is 0 Å². The van der Waals surface area contributed by atoms with Gasteiger partial charge < -0.3 is 14.7 Å². The predicted molar refractivity (Wildman–Crippen MR) is 50.5 cm³/mol. The predicted octanol–water partition coefficient (Wildman–Crippen LogP) is 1.23. The number of amides is 1. The summed E-state index contributed by atoms with van der Waals surface area (Å²) in [6.07, 6.45) is -0.408. The minimum atomic E-state index is -0.486. The van der Waals surface area contributed by atoms with Crippen molar-refractivity contribution >= 4 is 6.09 Å². The van der Waals surface area contributed by atoms with E-state index in [1.807, 2.05) is 20.8 Å². The van der Waals surface area contributed by atoms with Crippen LogP contribution in [0.15, 0.2) is 0 Å². The standard InChI is InChI=1S/C9H19NO3/c1-7(6-11)10(5)8(12)13-9(2,3)4/h7,11H,6H2,1-5H3. The summed E-state index contributed by atoms with van der Waals surface area (Å²) in [6, 6.07) is -0.213. The van der Waals surface area contributed by atoms with Crippen molar-refractivity contribution in [1.82, 2.24) is 4.90 Å². The second kappa shape index (κ2) is 4.46. The van der Waals surface area contributed by atoms with E-state index in [0.29, 0.717) is 0 Å². The van der Waals surface area contributed by atoms with Gasteiger partial charge in [0.25, 0.3) is 0 Å². The van der Waals surface area contributed by atoms with E-state index in [1.54, 1.807) is 14.0 Å². The molecule has 0 aromatic carbocycles. The SMILES string of the molecule is CC(CO)N(C)C(=O)OC(C)(C)C. The van der Waals surface area contributed by atoms with Crippen LogP contribution in [0.4, 0.5) is 4.79 Å². The Morgan fingerprint density at radius 2 is 2.00 bits per heavy atom. The van der Waals surface area contributed by atoms with E-state index in [0.717, 1.165) is 0 Å². The van der Waals surface area contributed by atoms with Crippen LogP contribution < -0.4 is 0 Å². The summed E-state index contributed by atoms with van der Waals surface area (Å²) < 4.78 is 5.10. The summed E-state index contributed by atoms with van der Waals surface area (Å²) in [5.41, 5.74) is -0.486. The highest BCUT2D eigenvalue weighted by atomic mass is 16.6. The molecule has 78 valence electrons. The number of rotatable bonds is 2. The number of ether oxygens (including phenoxy) is 1. The van der Waals surface area contributed by atoms with Gasteiger partial charge in [-0.3, -0.25) is 0 Å². The highest BCUT2D eigenvalue weighted by Crippen LogP contribution is 2.10. The van der Waals surface area contributed by atoms with Crippen LogP contribution in [0, 0.1) is 0 Å². The van der Waals surface area contributed by atoms with Crippen molar-refractivity contribution in [3.8, 4) is 0 Å². The molecule has 0 radical (unpaired) electrons. The summed E-state index contributed by atoms with van der Waals surface area (Å²) in [6.45, 7) is 7.12. The molecule has 0 heterocycles. The lowest BCUT2D eigenvalue weighted by atomic mass is 10.2. The molecule has 4 nitrogen and oxygen atoms in total. The number of carbonyl (C=O) groups is 1. The topological polar surface area (TPSA) is 49.8 Å². The molecule has 13 heavy (non-hydrogen) atoms. The van der Waals surface area contributed by atoms with Gasteiger partial charge in [0.05, 0.1) is 12.6 Å². The fourth-order valence-electron chi connectivity index (χ4n) is 0.636. The van der Waals surface area contributed by atoms with Crippen LogP contribution in [-0.2, 0) is 4.74 Å².